The Kier molecular flexibility index (Phi) is 9.69. The molecule has 2 aromatic carbocycles. The smallest absolute Gasteiger partial charge is 0.407 e. The van der Waals surface area contributed by atoms with E-state index in [9.17, 15) is 14.4 Å². The molecule has 1 fully saturated rings. The van der Waals surface area contributed by atoms with Gasteiger partial charge in [0.25, 0.3) is 5.91 Å². The van der Waals surface area contributed by atoms with Crippen LogP contribution < -0.4 is 5.32 Å². The Bertz CT molecular complexity index is 1880. The van der Waals surface area contributed by atoms with Crippen molar-refractivity contribution in [2.45, 2.75) is 85.1 Å². The highest BCUT2D eigenvalue weighted by atomic mass is 32.1. The van der Waals surface area contributed by atoms with Crippen LogP contribution in [0.25, 0.3) is 5.00 Å². The Labute approximate surface area is 290 Å². The fourth-order valence-electron chi connectivity index (χ4n) is 6.18. The van der Waals surface area contributed by atoms with Crippen LogP contribution in [0.4, 0.5) is 4.79 Å². The summed E-state index contributed by atoms with van der Waals surface area (Å²) in [6, 6.07) is 16.4. The van der Waals surface area contributed by atoms with Gasteiger partial charge in [-0.25, -0.2) is 4.79 Å². The zero-order chi connectivity index (χ0) is 34.9. The molecule has 0 radical (unpaired) electrons. The number of rotatable bonds is 7. The molecule has 256 valence electrons. The molecule has 6 rings (SSSR count). The van der Waals surface area contributed by atoms with Crippen molar-refractivity contribution in [3.63, 3.8) is 0 Å². The molecule has 4 aromatic rings. The molecule has 4 heterocycles. The van der Waals surface area contributed by atoms with E-state index in [1.807, 2.05) is 91.8 Å². The fraction of sp³-hybridized carbons (Fsp3) is 0.405. The Balaban J connectivity index is 1.17. The SMILES string of the molecule is Cc1sc2c(c1C)C(c1ccc(C(=O)N3CCC(NC(=O)OCc4ccccc4)CC3)cc1)=N[C@@H](CC(=O)OC(C)(C)C)c1nnc(C)n1-2. The predicted molar refractivity (Wildman–Crippen MR) is 187 cm³/mol. The van der Waals surface area contributed by atoms with Crippen molar-refractivity contribution < 1.29 is 23.9 Å². The number of piperidine rings is 1. The number of ether oxygens (including phenoxy) is 2. The van der Waals surface area contributed by atoms with Gasteiger partial charge in [-0.3, -0.25) is 19.1 Å². The summed E-state index contributed by atoms with van der Waals surface area (Å²) in [4.78, 5) is 47.1. The summed E-state index contributed by atoms with van der Waals surface area (Å²) in [5, 5.41) is 12.7. The van der Waals surface area contributed by atoms with Crippen LogP contribution >= 0.6 is 11.3 Å². The maximum Gasteiger partial charge on any atom is 0.407 e. The number of carbonyl (C=O) groups excluding carboxylic acids is 3. The molecule has 0 aliphatic carbocycles. The third-order valence-corrected chi connectivity index (χ3v) is 9.93. The van der Waals surface area contributed by atoms with Gasteiger partial charge < -0.3 is 19.7 Å². The van der Waals surface area contributed by atoms with Crippen molar-refractivity contribution >= 4 is 35.0 Å². The third-order valence-electron chi connectivity index (χ3n) is 8.74. The zero-order valence-electron chi connectivity index (χ0n) is 28.8. The van der Waals surface area contributed by atoms with Crippen LogP contribution in [0.15, 0.2) is 59.6 Å². The molecule has 2 amide bonds. The first-order valence-corrected chi connectivity index (χ1v) is 17.4. The number of aromatic nitrogens is 3. The van der Waals surface area contributed by atoms with Gasteiger partial charge >= 0.3 is 12.1 Å². The molecule has 2 aromatic heterocycles. The number of hydrogen-bond acceptors (Lipinski definition) is 9. The summed E-state index contributed by atoms with van der Waals surface area (Å²) >= 11 is 1.64. The second-order valence-electron chi connectivity index (χ2n) is 13.5. The molecule has 0 spiro atoms. The molecule has 49 heavy (non-hydrogen) atoms. The van der Waals surface area contributed by atoms with Crippen LogP contribution in [0.5, 0.6) is 0 Å². The van der Waals surface area contributed by atoms with Crippen molar-refractivity contribution in [1.82, 2.24) is 25.0 Å². The van der Waals surface area contributed by atoms with E-state index in [0.29, 0.717) is 43.1 Å². The van der Waals surface area contributed by atoms with Gasteiger partial charge in [0.1, 0.15) is 29.1 Å². The number of amides is 2. The Morgan fingerprint density at radius 3 is 2.33 bits per heavy atom. The van der Waals surface area contributed by atoms with Gasteiger partial charge in [0.2, 0.25) is 0 Å². The van der Waals surface area contributed by atoms with Crippen molar-refractivity contribution in [2.24, 2.45) is 4.99 Å². The van der Waals surface area contributed by atoms with E-state index < -0.39 is 17.7 Å². The van der Waals surface area contributed by atoms with E-state index in [2.05, 4.69) is 29.4 Å². The van der Waals surface area contributed by atoms with Gasteiger partial charge in [0.15, 0.2) is 5.82 Å². The number of likely N-dealkylation sites (tertiary alicyclic amines) is 1. The van der Waals surface area contributed by atoms with Gasteiger partial charge in [0.05, 0.1) is 12.1 Å². The number of esters is 1. The van der Waals surface area contributed by atoms with Crippen LogP contribution in [0.1, 0.15) is 95.2 Å². The summed E-state index contributed by atoms with van der Waals surface area (Å²) in [5.74, 6) is 0.879. The normalized spacial score (nSPS) is 16.2. The van der Waals surface area contributed by atoms with Crippen molar-refractivity contribution in [3.8, 4) is 5.00 Å². The minimum absolute atomic E-state index is 0.0119. The zero-order valence-corrected chi connectivity index (χ0v) is 29.6. The van der Waals surface area contributed by atoms with E-state index in [1.54, 1.807) is 11.3 Å². The monoisotopic (exact) mass is 682 g/mol. The number of nitrogens with zero attached hydrogens (tertiary/aromatic N) is 5. The molecule has 11 nitrogen and oxygen atoms in total. The van der Waals surface area contributed by atoms with Gasteiger partial charge in [-0.2, -0.15) is 0 Å². The highest BCUT2D eigenvalue weighted by molar-refractivity contribution is 7.15. The van der Waals surface area contributed by atoms with E-state index in [1.165, 1.54) is 0 Å². The number of thiophene rings is 1. The molecule has 0 saturated carbocycles. The number of fused-ring (bicyclic) bond motifs is 3. The van der Waals surface area contributed by atoms with Crippen LogP contribution in [0.2, 0.25) is 0 Å². The largest absolute Gasteiger partial charge is 0.460 e. The number of carbonyl (C=O) groups is 3. The summed E-state index contributed by atoms with van der Waals surface area (Å²) in [7, 11) is 0. The quantitative estimate of drug-likeness (QED) is 0.223. The van der Waals surface area contributed by atoms with Gasteiger partial charge in [-0.05, 0) is 77.6 Å². The topological polar surface area (TPSA) is 128 Å². The lowest BCUT2D eigenvalue weighted by Crippen LogP contribution is -2.46. The standard InChI is InChI=1S/C37H42N6O5S/c1-22-23(2)49-35-31(22)32(39-29(20-30(44)48-37(4,5)6)33-41-40-24(3)43(33)35)26-12-14-27(15-13-26)34(45)42-18-16-28(17-19-42)38-36(46)47-21-25-10-8-7-9-11-25/h7-15,28-29H,16-21H2,1-6H3,(H,38,46)/t29-/m0/s1. The van der Waals surface area contributed by atoms with Crippen LogP contribution in [-0.2, 0) is 20.9 Å². The third kappa shape index (κ3) is 7.59. The minimum Gasteiger partial charge on any atom is -0.460 e. The molecule has 0 unspecified atom stereocenters. The molecule has 1 atom stereocenters. The van der Waals surface area contributed by atoms with Crippen molar-refractivity contribution in [1.29, 1.82) is 0 Å². The van der Waals surface area contributed by atoms with Crippen LogP contribution in [0, 0.1) is 20.8 Å². The molecule has 0 bridgehead atoms. The van der Waals surface area contributed by atoms with E-state index in [-0.39, 0.29) is 30.9 Å². The highest BCUT2D eigenvalue weighted by Crippen LogP contribution is 2.39. The predicted octanol–water partition coefficient (Wildman–Crippen LogP) is 6.41. The van der Waals surface area contributed by atoms with E-state index >= 15 is 0 Å². The van der Waals surface area contributed by atoms with E-state index in [4.69, 9.17) is 14.5 Å². The van der Waals surface area contributed by atoms with E-state index in [0.717, 1.165) is 37.8 Å². The molecular weight excluding hydrogens is 641 g/mol. The lowest BCUT2D eigenvalue weighted by Gasteiger charge is -2.32. The summed E-state index contributed by atoms with van der Waals surface area (Å²) in [5.41, 5.74) is 4.50. The van der Waals surface area contributed by atoms with Crippen molar-refractivity contribution in [2.75, 3.05) is 13.1 Å². The molecule has 1 N–H and O–H groups in total. The minimum atomic E-state index is -0.632. The van der Waals surface area contributed by atoms with Gasteiger partial charge in [-0.1, -0.05) is 42.5 Å². The van der Waals surface area contributed by atoms with Crippen LogP contribution in [-0.4, -0.2) is 68.1 Å². The average molecular weight is 683 g/mol. The summed E-state index contributed by atoms with van der Waals surface area (Å²) in [6.45, 7) is 12.9. The molecule has 12 heteroatoms. The Hall–Kier alpha value is -4.84. The number of aryl methyl sites for hydroxylation is 2. The first-order valence-electron chi connectivity index (χ1n) is 16.6. The molecular formula is C37H42N6O5S. The number of aliphatic imine (C=N–C) groups is 1. The van der Waals surface area contributed by atoms with Crippen LogP contribution in [0.3, 0.4) is 0 Å². The molecule has 2 aliphatic rings. The maximum atomic E-state index is 13.5. The molecule has 1 saturated heterocycles. The Morgan fingerprint density at radius 2 is 1.65 bits per heavy atom. The highest BCUT2D eigenvalue weighted by Gasteiger charge is 2.34. The lowest BCUT2D eigenvalue weighted by atomic mass is 9.98. The number of nitrogens with one attached hydrogen (secondary N) is 1. The average Bonchev–Trinajstić information content (AvgIpc) is 3.55. The number of alkyl carbamates (subject to hydrolysis) is 1. The Morgan fingerprint density at radius 1 is 0.959 bits per heavy atom. The number of hydrogen-bond donors (Lipinski definition) is 1. The van der Waals surface area contributed by atoms with Gasteiger partial charge in [-0.15, -0.1) is 21.5 Å². The number of benzene rings is 2. The first kappa shape index (κ1) is 34.0. The fourth-order valence-corrected chi connectivity index (χ4v) is 7.39. The summed E-state index contributed by atoms with van der Waals surface area (Å²) < 4.78 is 13.0. The van der Waals surface area contributed by atoms with Gasteiger partial charge in [0, 0.05) is 40.7 Å². The second kappa shape index (κ2) is 13.9. The maximum absolute atomic E-state index is 13.5. The lowest BCUT2D eigenvalue weighted by molar-refractivity contribution is -0.155. The van der Waals surface area contributed by atoms with Crippen molar-refractivity contribution in [3.05, 3.63) is 98.9 Å². The second-order valence-corrected chi connectivity index (χ2v) is 14.7. The summed E-state index contributed by atoms with van der Waals surface area (Å²) in [6.07, 6.45) is 0.844. The first-order chi connectivity index (χ1) is 23.4. The molecule has 2 aliphatic heterocycles.